The predicted molar refractivity (Wildman–Crippen MR) is 118 cm³/mol. The van der Waals surface area contributed by atoms with Crippen LogP contribution in [0.1, 0.15) is 27.8 Å². The van der Waals surface area contributed by atoms with Crippen molar-refractivity contribution in [2.75, 3.05) is 0 Å². The van der Waals surface area contributed by atoms with Gasteiger partial charge in [-0.25, -0.2) is 0 Å². The van der Waals surface area contributed by atoms with Crippen LogP contribution in [0.25, 0.3) is 10.9 Å². The van der Waals surface area contributed by atoms with Gasteiger partial charge in [-0.15, -0.1) is 11.8 Å². The smallest absolute Gasteiger partial charge is 0.0495 e. The molecule has 1 heterocycles. The molecule has 0 bridgehead atoms. The zero-order valence-electron chi connectivity index (χ0n) is 16.2. The van der Waals surface area contributed by atoms with Crippen molar-refractivity contribution >= 4 is 22.7 Å². The van der Waals surface area contributed by atoms with Crippen LogP contribution in [0, 0.1) is 20.8 Å². The van der Waals surface area contributed by atoms with Gasteiger partial charge in [0.2, 0.25) is 0 Å². The van der Waals surface area contributed by atoms with Crippen molar-refractivity contribution < 1.29 is 0 Å². The second-order valence-electron chi connectivity index (χ2n) is 7.28. The molecule has 0 saturated carbocycles. The predicted octanol–water partition coefficient (Wildman–Crippen LogP) is 6.91. The topological polar surface area (TPSA) is 4.93 Å². The van der Waals surface area contributed by atoms with Gasteiger partial charge in [-0.2, -0.15) is 0 Å². The molecule has 0 fully saturated rings. The summed E-state index contributed by atoms with van der Waals surface area (Å²) >= 11 is 1.94. The normalized spacial score (nSPS) is 11.2. The minimum atomic E-state index is 0.914. The Balaban J connectivity index is 1.65. The van der Waals surface area contributed by atoms with Gasteiger partial charge in [-0.1, -0.05) is 66.2 Å². The van der Waals surface area contributed by atoms with Crippen LogP contribution in [-0.4, -0.2) is 4.57 Å². The fourth-order valence-corrected chi connectivity index (χ4v) is 4.69. The highest BCUT2D eigenvalue weighted by molar-refractivity contribution is 7.98. The molecule has 0 aliphatic heterocycles. The van der Waals surface area contributed by atoms with Gasteiger partial charge in [0.05, 0.1) is 0 Å². The highest BCUT2D eigenvalue weighted by Crippen LogP contribution is 2.33. The van der Waals surface area contributed by atoms with Crippen LogP contribution in [0.15, 0.2) is 77.8 Å². The van der Waals surface area contributed by atoms with E-state index >= 15 is 0 Å². The maximum Gasteiger partial charge on any atom is 0.0495 e. The zero-order chi connectivity index (χ0) is 18.8. The van der Waals surface area contributed by atoms with E-state index in [0.717, 1.165) is 12.3 Å². The molecule has 3 aromatic carbocycles. The van der Waals surface area contributed by atoms with E-state index < -0.39 is 0 Å². The molecule has 0 atom stereocenters. The van der Waals surface area contributed by atoms with Gasteiger partial charge in [-0.05, 0) is 49.1 Å². The highest BCUT2D eigenvalue weighted by atomic mass is 32.2. The summed E-state index contributed by atoms with van der Waals surface area (Å²) in [5, 5.41) is 1.35. The molecule has 1 aromatic heterocycles. The van der Waals surface area contributed by atoms with Crippen LogP contribution in [0.5, 0.6) is 0 Å². The number of fused-ring (bicyclic) bond motifs is 1. The molecule has 4 aromatic rings. The zero-order valence-corrected chi connectivity index (χ0v) is 17.0. The molecule has 2 heteroatoms. The van der Waals surface area contributed by atoms with Gasteiger partial charge in [0.1, 0.15) is 0 Å². The Bertz CT molecular complexity index is 1090. The fourth-order valence-electron chi connectivity index (χ4n) is 3.54. The molecule has 4 rings (SSSR count). The molecule has 0 N–H and O–H groups in total. The Morgan fingerprint density at radius 1 is 0.778 bits per heavy atom. The number of nitrogens with zero attached hydrogens (tertiary/aromatic N) is 1. The summed E-state index contributed by atoms with van der Waals surface area (Å²) in [5.74, 6) is 1.01. The summed E-state index contributed by atoms with van der Waals surface area (Å²) in [5.41, 5.74) is 8.17. The van der Waals surface area contributed by atoms with Crippen molar-refractivity contribution in [1.82, 2.24) is 4.57 Å². The van der Waals surface area contributed by atoms with E-state index in [1.54, 1.807) is 0 Å². The summed E-state index contributed by atoms with van der Waals surface area (Å²) in [4.78, 5) is 1.36. The molecule has 1 nitrogen and oxygen atoms in total. The lowest BCUT2D eigenvalue weighted by Crippen LogP contribution is -1.99. The van der Waals surface area contributed by atoms with Gasteiger partial charge < -0.3 is 4.57 Å². The Morgan fingerprint density at radius 2 is 1.52 bits per heavy atom. The number of thioether (sulfide) groups is 1. The third kappa shape index (κ3) is 3.81. The summed E-state index contributed by atoms with van der Waals surface area (Å²) < 4.78 is 2.39. The molecule has 136 valence electrons. The lowest BCUT2D eigenvalue weighted by molar-refractivity contribution is 0.824. The summed E-state index contributed by atoms with van der Waals surface area (Å²) in [6.45, 7) is 7.48. The average molecular weight is 372 g/mol. The standard InChI is InChI=1S/C25H25NS/c1-18-12-13-20(3)22(14-18)17-27-25-16-26(24-11-7-6-10-23(24)25)15-21-9-5-4-8-19(21)2/h4-14,16H,15,17H2,1-3H3. The summed E-state index contributed by atoms with van der Waals surface area (Å²) in [6.07, 6.45) is 2.33. The molecular weight excluding hydrogens is 346 g/mol. The fraction of sp³-hybridized carbons (Fsp3) is 0.200. The van der Waals surface area contributed by atoms with Crippen LogP contribution in [0.3, 0.4) is 0 Å². The first-order valence-corrected chi connectivity index (χ1v) is 10.4. The van der Waals surface area contributed by atoms with Crippen LogP contribution in [0.2, 0.25) is 0 Å². The van der Waals surface area contributed by atoms with Gasteiger partial charge >= 0.3 is 0 Å². The van der Waals surface area contributed by atoms with Crippen molar-refractivity contribution in [2.24, 2.45) is 0 Å². The molecule has 0 unspecified atom stereocenters. The van der Waals surface area contributed by atoms with E-state index in [1.807, 2.05) is 11.8 Å². The molecule has 0 amide bonds. The van der Waals surface area contributed by atoms with Crippen molar-refractivity contribution in [2.45, 2.75) is 38.0 Å². The number of rotatable bonds is 5. The van der Waals surface area contributed by atoms with E-state index in [-0.39, 0.29) is 0 Å². The first-order chi connectivity index (χ1) is 13.1. The molecule has 0 aliphatic rings. The van der Waals surface area contributed by atoms with Crippen molar-refractivity contribution in [3.05, 3.63) is 101 Å². The monoisotopic (exact) mass is 371 g/mol. The molecule has 0 saturated heterocycles. The number of hydrogen-bond donors (Lipinski definition) is 0. The maximum absolute atomic E-state index is 2.39. The highest BCUT2D eigenvalue weighted by Gasteiger charge is 2.11. The number of hydrogen-bond acceptors (Lipinski definition) is 1. The van der Waals surface area contributed by atoms with E-state index in [9.17, 15) is 0 Å². The third-order valence-corrected chi connectivity index (χ3v) is 6.33. The van der Waals surface area contributed by atoms with E-state index in [2.05, 4.69) is 98.3 Å². The number of aromatic nitrogens is 1. The Labute approximate surface area is 166 Å². The minimum Gasteiger partial charge on any atom is -0.342 e. The van der Waals surface area contributed by atoms with Crippen molar-refractivity contribution in [3.63, 3.8) is 0 Å². The number of benzene rings is 3. The number of aryl methyl sites for hydroxylation is 3. The largest absolute Gasteiger partial charge is 0.342 e. The van der Waals surface area contributed by atoms with Crippen molar-refractivity contribution in [3.8, 4) is 0 Å². The molecule has 0 spiro atoms. The van der Waals surface area contributed by atoms with Crippen LogP contribution >= 0.6 is 11.8 Å². The van der Waals surface area contributed by atoms with Gasteiger partial charge in [0.25, 0.3) is 0 Å². The second kappa shape index (κ2) is 7.66. The minimum absolute atomic E-state index is 0.914. The molecule has 0 radical (unpaired) electrons. The Morgan fingerprint density at radius 3 is 2.37 bits per heavy atom. The lowest BCUT2D eigenvalue weighted by Gasteiger charge is -2.08. The molecular formula is C25H25NS. The molecule has 27 heavy (non-hydrogen) atoms. The Kier molecular flexibility index (Phi) is 5.09. The maximum atomic E-state index is 2.39. The van der Waals surface area contributed by atoms with Gasteiger partial charge in [0, 0.05) is 34.3 Å². The second-order valence-corrected chi connectivity index (χ2v) is 8.30. The summed E-state index contributed by atoms with van der Waals surface area (Å²) in [7, 11) is 0. The van der Waals surface area contributed by atoms with Crippen molar-refractivity contribution in [1.29, 1.82) is 0 Å². The summed E-state index contributed by atoms with van der Waals surface area (Å²) in [6, 6.07) is 24.1. The van der Waals surface area contributed by atoms with Crippen LogP contribution in [0.4, 0.5) is 0 Å². The van der Waals surface area contributed by atoms with Crippen LogP contribution in [-0.2, 0) is 12.3 Å². The van der Waals surface area contributed by atoms with E-state index in [4.69, 9.17) is 0 Å². The average Bonchev–Trinajstić information content (AvgIpc) is 3.02. The van der Waals surface area contributed by atoms with Gasteiger partial charge in [0.15, 0.2) is 0 Å². The lowest BCUT2D eigenvalue weighted by atomic mass is 10.1. The quantitative estimate of drug-likeness (QED) is 0.345. The van der Waals surface area contributed by atoms with E-state index in [1.165, 1.54) is 43.6 Å². The van der Waals surface area contributed by atoms with Crippen LogP contribution < -0.4 is 0 Å². The third-order valence-electron chi connectivity index (χ3n) is 5.24. The first-order valence-electron chi connectivity index (χ1n) is 9.43. The first kappa shape index (κ1) is 17.9. The molecule has 0 aliphatic carbocycles. The Hall–Kier alpha value is -2.45. The number of para-hydroxylation sites is 1. The SMILES string of the molecule is Cc1ccc(C)c(CSc2cn(Cc3ccccc3C)c3ccccc23)c1. The van der Waals surface area contributed by atoms with E-state index in [0.29, 0.717) is 0 Å². The van der Waals surface area contributed by atoms with Gasteiger partial charge in [-0.3, -0.25) is 0 Å².